The molecule has 1 aliphatic rings. The Hall–Kier alpha value is -0.610. The van der Waals surface area contributed by atoms with Crippen LogP contribution in [0.1, 0.15) is 12.8 Å². The van der Waals surface area contributed by atoms with Crippen molar-refractivity contribution in [2.24, 2.45) is 0 Å². The minimum absolute atomic E-state index is 0.0287. The average molecular weight is 158 g/mol. The molecule has 3 N–H and O–H groups in total. The third kappa shape index (κ3) is 3.95. The highest BCUT2D eigenvalue weighted by Crippen LogP contribution is 2.17. The number of rotatable bonds is 5. The van der Waals surface area contributed by atoms with Gasteiger partial charge < -0.3 is 15.7 Å². The second kappa shape index (κ2) is 4.31. The Kier molecular flexibility index (Phi) is 3.32. The van der Waals surface area contributed by atoms with Crippen LogP contribution in [0, 0.1) is 0 Å². The van der Waals surface area contributed by atoms with E-state index in [0.29, 0.717) is 19.1 Å². The second-order valence-electron chi connectivity index (χ2n) is 2.74. The summed E-state index contributed by atoms with van der Waals surface area (Å²) in [4.78, 5) is 10.9. The Bertz CT molecular complexity index is 134. The summed E-state index contributed by atoms with van der Waals surface area (Å²) < 4.78 is 0. The highest BCUT2D eigenvalue weighted by atomic mass is 16.3. The van der Waals surface area contributed by atoms with E-state index in [4.69, 9.17) is 5.11 Å². The largest absolute Gasteiger partial charge is 0.395 e. The maximum Gasteiger partial charge on any atom is 0.234 e. The molecule has 0 spiro atoms. The summed E-state index contributed by atoms with van der Waals surface area (Å²) in [5, 5.41) is 14.0. The van der Waals surface area contributed by atoms with Crippen molar-refractivity contribution in [3.05, 3.63) is 0 Å². The van der Waals surface area contributed by atoms with E-state index in [1.165, 1.54) is 0 Å². The first-order valence-corrected chi connectivity index (χ1v) is 3.94. The van der Waals surface area contributed by atoms with Gasteiger partial charge in [0.15, 0.2) is 0 Å². The molecule has 0 saturated heterocycles. The number of carbonyl (C=O) groups is 1. The van der Waals surface area contributed by atoms with Gasteiger partial charge in [-0.05, 0) is 12.8 Å². The van der Waals surface area contributed by atoms with Crippen molar-refractivity contribution in [3.8, 4) is 0 Å². The fourth-order valence-electron chi connectivity index (χ4n) is 0.787. The third-order valence-electron chi connectivity index (χ3n) is 1.52. The van der Waals surface area contributed by atoms with Gasteiger partial charge in [0.2, 0.25) is 5.91 Å². The molecule has 1 aliphatic carbocycles. The summed E-state index contributed by atoms with van der Waals surface area (Å²) in [6.07, 6.45) is 2.23. The lowest BCUT2D eigenvalue weighted by Gasteiger charge is -2.02. The van der Waals surface area contributed by atoms with E-state index in [-0.39, 0.29) is 12.5 Å². The smallest absolute Gasteiger partial charge is 0.234 e. The predicted octanol–water partition coefficient (Wildman–Crippen LogP) is -1.15. The molecule has 0 aromatic carbocycles. The minimum Gasteiger partial charge on any atom is -0.395 e. The monoisotopic (exact) mass is 158 g/mol. The summed E-state index contributed by atoms with van der Waals surface area (Å²) in [6, 6.07) is 0.429. The molecule has 11 heavy (non-hydrogen) atoms. The fraction of sp³-hybridized carbons (Fsp3) is 0.857. The van der Waals surface area contributed by atoms with Crippen LogP contribution in [0.3, 0.4) is 0 Å². The van der Waals surface area contributed by atoms with E-state index in [0.717, 1.165) is 12.8 Å². The molecule has 1 saturated carbocycles. The molecule has 0 bridgehead atoms. The van der Waals surface area contributed by atoms with Crippen LogP contribution >= 0.6 is 0 Å². The standard InChI is InChI=1S/C7H14N2O2/c10-4-3-8-5-7(11)9-6-1-2-6/h6,8,10H,1-5H2,(H,9,11). The van der Waals surface area contributed by atoms with Gasteiger partial charge in [0, 0.05) is 12.6 Å². The Morgan fingerprint density at radius 1 is 1.55 bits per heavy atom. The Balaban J connectivity index is 1.92. The number of nitrogens with one attached hydrogen (secondary N) is 2. The van der Waals surface area contributed by atoms with Gasteiger partial charge in [0.25, 0.3) is 0 Å². The molecule has 0 aromatic heterocycles. The van der Waals surface area contributed by atoms with Crippen LogP contribution in [0.15, 0.2) is 0 Å². The Morgan fingerprint density at radius 3 is 2.82 bits per heavy atom. The number of amides is 1. The molecule has 0 unspecified atom stereocenters. The minimum atomic E-state index is 0.0287. The molecule has 4 heteroatoms. The molecule has 4 nitrogen and oxygen atoms in total. The highest BCUT2D eigenvalue weighted by Gasteiger charge is 2.22. The van der Waals surface area contributed by atoms with Crippen LogP contribution in [0.4, 0.5) is 0 Å². The molecule has 1 rings (SSSR count). The Morgan fingerprint density at radius 2 is 2.27 bits per heavy atom. The van der Waals surface area contributed by atoms with Crippen LogP contribution in [0.2, 0.25) is 0 Å². The summed E-state index contributed by atoms with van der Waals surface area (Å²) in [5.41, 5.74) is 0. The number of carbonyl (C=O) groups excluding carboxylic acids is 1. The summed E-state index contributed by atoms with van der Waals surface area (Å²) in [5.74, 6) is 0.0287. The van der Waals surface area contributed by atoms with Crippen molar-refractivity contribution >= 4 is 5.91 Å². The summed E-state index contributed by atoms with van der Waals surface area (Å²) in [7, 11) is 0. The lowest BCUT2D eigenvalue weighted by molar-refractivity contribution is -0.120. The van der Waals surface area contributed by atoms with E-state index in [1.807, 2.05) is 0 Å². The third-order valence-corrected chi connectivity index (χ3v) is 1.52. The van der Waals surface area contributed by atoms with E-state index >= 15 is 0 Å². The SMILES string of the molecule is O=C(CNCCO)NC1CC1. The van der Waals surface area contributed by atoms with Crippen molar-refractivity contribution in [3.63, 3.8) is 0 Å². The molecule has 0 heterocycles. The van der Waals surface area contributed by atoms with Gasteiger partial charge in [-0.3, -0.25) is 4.79 Å². The topological polar surface area (TPSA) is 61.4 Å². The van der Waals surface area contributed by atoms with E-state index < -0.39 is 0 Å². The van der Waals surface area contributed by atoms with Crippen LogP contribution in [-0.4, -0.2) is 36.8 Å². The van der Waals surface area contributed by atoms with Gasteiger partial charge in [-0.25, -0.2) is 0 Å². The molecular formula is C7H14N2O2. The number of aliphatic hydroxyl groups is 1. The molecule has 0 atom stereocenters. The average Bonchev–Trinajstić information content (AvgIpc) is 2.72. The maximum absolute atomic E-state index is 10.9. The zero-order valence-electron chi connectivity index (χ0n) is 6.47. The number of hydrogen-bond donors (Lipinski definition) is 3. The zero-order valence-corrected chi connectivity index (χ0v) is 6.47. The first-order chi connectivity index (χ1) is 5.33. The van der Waals surface area contributed by atoms with Crippen molar-refractivity contribution < 1.29 is 9.90 Å². The highest BCUT2D eigenvalue weighted by molar-refractivity contribution is 5.78. The van der Waals surface area contributed by atoms with Gasteiger partial charge in [-0.2, -0.15) is 0 Å². The molecule has 64 valence electrons. The maximum atomic E-state index is 10.9. The van der Waals surface area contributed by atoms with Crippen LogP contribution < -0.4 is 10.6 Å². The first-order valence-electron chi connectivity index (χ1n) is 3.94. The van der Waals surface area contributed by atoms with Gasteiger partial charge in [-0.15, -0.1) is 0 Å². The molecular weight excluding hydrogens is 144 g/mol. The van der Waals surface area contributed by atoms with Crippen molar-refractivity contribution in [2.75, 3.05) is 19.7 Å². The molecule has 1 fully saturated rings. The molecule has 1 amide bonds. The second-order valence-corrected chi connectivity index (χ2v) is 2.74. The van der Waals surface area contributed by atoms with Crippen molar-refractivity contribution in [2.45, 2.75) is 18.9 Å². The molecule has 0 radical (unpaired) electrons. The van der Waals surface area contributed by atoms with E-state index in [9.17, 15) is 4.79 Å². The predicted molar refractivity (Wildman–Crippen MR) is 41.1 cm³/mol. The van der Waals surface area contributed by atoms with Crippen molar-refractivity contribution in [1.29, 1.82) is 0 Å². The number of hydrogen-bond acceptors (Lipinski definition) is 3. The van der Waals surface area contributed by atoms with Crippen molar-refractivity contribution in [1.82, 2.24) is 10.6 Å². The normalized spacial score (nSPS) is 16.5. The fourth-order valence-corrected chi connectivity index (χ4v) is 0.787. The summed E-state index contributed by atoms with van der Waals surface area (Å²) in [6.45, 7) is 0.881. The lowest BCUT2D eigenvalue weighted by Crippen LogP contribution is -2.36. The van der Waals surface area contributed by atoms with Crippen LogP contribution in [-0.2, 0) is 4.79 Å². The summed E-state index contributed by atoms with van der Waals surface area (Å²) >= 11 is 0. The van der Waals surface area contributed by atoms with E-state index in [2.05, 4.69) is 10.6 Å². The number of aliphatic hydroxyl groups excluding tert-OH is 1. The lowest BCUT2D eigenvalue weighted by atomic mass is 10.5. The van der Waals surface area contributed by atoms with E-state index in [1.54, 1.807) is 0 Å². The first kappa shape index (κ1) is 8.49. The zero-order chi connectivity index (χ0) is 8.10. The molecule has 0 aliphatic heterocycles. The van der Waals surface area contributed by atoms with Gasteiger partial charge in [0.05, 0.1) is 13.2 Å². The van der Waals surface area contributed by atoms with Gasteiger partial charge in [0.1, 0.15) is 0 Å². The van der Waals surface area contributed by atoms with Crippen LogP contribution in [0.5, 0.6) is 0 Å². The van der Waals surface area contributed by atoms with Gasteiger partial charge >= 0.3 is 0 Å². The van der Waals surface area contributed by atoms with Crippen LogP contribution in [0.25, 0.3) is 0 Å². The quantitative estimate of drug-likeness (QED) is 0.443. The Labute approximate surface area is 66.0 Å². The molecule has 0 aromatic rings. The van der Waals surface area contributed by atoms with Gasteiger partial charge in [-0.1, -0.05) is 0 Å².